The zero-order valence-corrected chi connectivity index (χ0v) is 11.4. The largest absolute Gasteiger partial charge is 0.481 e. The van der Waals surface area contributed by atoms with Crippen LogP contribution >= 0.6 is 12.2 Å². The van der Waals surface area contributed by atoms with Gasteiger partial charge in [-0.15, -0.1) is 0 Å². The Kier molecular flexibility index (Phi) is 6.36. The van der Waals surface area contributed by atoms with Crippen LogP contribution < -0.4 is 0 Å². The van der Waals surface area contributed by atoms with Crippen molar-refractivity contribution in [3.8, 4) is 0 Å². The minimum atomic E-state index is -0.750. The molecule has 0 atom stereocenters. The van der Waals surface area contributed by atoms with E-state index in [1.54, 1.807) is 0 Å². The summed E-state index contributed by atoms with van der Waals surface area (Å²) in [5.74, 6) is -0.750. The number of thiocarbonyl (C=S) groups is 1. The highest BCUT2D eigenvalue weighted by Gasteiger charge is 2.08. The van der Waals surface area contributed by atoms with Crippen LogP contribution in [0.5, 0.6) is 0 Å². The summed E-state index contributed by atoms with van der Waals surface area (Å²) in [7, 11) is 0. The molecule has 0 aliphatic heterocycles. The number of likely N-dealkylation sites (N-methyl/N-ethyl adjacent to an activating group) is 1. The molecule has 0 heterocycles. The maximum absolute atomic E-state index is 10.5. The van der Waals surface area contributed by atoms with E-state index in [1.165, 1.54) is 5.56 Å². The number of carboxylic acid groups (broad SMARTS) is 1. The average molecular weight is 265 g/mol. The Balaban J connectivity index is 2.44. The van der Waals surface area contributed by atoms with Crippen LogP contribution in [-0.2, 0) is 11.2 Å². The quantitative estimate of drug-likeness (QED) is 0.770. The second-order valence-electron chi connectivity index (χ2n) is 4.13. The normalized spacial score (nSPS) is 10.1. The summed E-state index contributed by atoms with van der Waals surface area (Å²) in [6.45, 7) is 3.58. The molecule has 4 heteroatoms. The summed E-state index contributed by atoms with van der Waals surface area (Å²) in [6.07, 6.45) is 1.58. The molecule has 0 aromatic heterocycles. The fourth-order valence-electron chi connectivity index (χ4n) is 1.76. The maximum atomic E-state index is 10.5. The van der Waals surface area contributed by atoms with Crippen molar-refractivity contribution in [2.45, 2.75) is 26.2 Å². The van der Waals surface area contributed by atoms with Gasteiger partial charge in [0.25, 0.3) is 0 Å². The number of carboxylic acids is 1. The van der Waals surface area contributed by atoms with Crippen LogP contribution in [0.1, 0.15) is 25.3 Å². The van der Waals surface area contributed by atoms with Gasteiger partial charge in [0.2, 0.25) is 0 Å². The Bertz CT molecular complexity index is 392. The maximum Gasteiger partial charge on any atom is 0.303 e. The Morgan fingerprint density at radius 1 is 1.33 bits per heavy atom. The molecule has 18 heavy (non-hydrogen) atoms. The van der Waals surface area contributed by atoms with Gasteiger partial charge in [0, 0.05) is 25.9 Å². The highest BCUT2D eigenvalue weighted by Crippen LogP contribution is 2.06. The minimum Gasteiger partial charge on any atom is -0.481 e. The van der Waals surface area contributed by atoms with Crippen LogP contribution in [0.2, 0.25) is 0 Å². The number of aliphatic carboxylic acids is 1. The first-order valence-corrected chi connectivity index (χ1v) is 6.57. The molecule has 0 unspecified atom stereocenters. The molecule has 1 aromatic rings. The third-order valence-electron chi connectivity index (χ3n) is 2.75. The van der Waals surface area contributed by atoms with Crippen molar-refractivity contribution in [2.24, 2.45) is 0 Å². The summed E-state index contributed by atoms with van der Waals surface area (Å²) in [6, 6.07) is 10.1. The first-order chi connectivity index (χ1) is 8.63. The summed E-state index contributed by atoms with van der Waals surface area (Å²) < 4.78 is 0. The first-order valence-electron chi connectivity index (χ1n) is 6.17. The lowest BCUT2D eigenvalue weighted by molar-refractivity contribution is -0.137. The van der Waals surface area contributed by atoms with E-state index in [0.29, 0.717) is 13.0 Å². The van der Waals surface area contributed by atoms with Crippen LogP contribution in [0, 0.1) is 0 Å². The smallest absolute Gasteiger partial charge is 0.303 e. The Morgan fingerprint density at radius 3 is 2.56 bits per heavy atom. The van der Waals surface area contributed by atoms with Crippen LogP contribution in [-0.4, -0.2) is 34.1 Å². The molecule has 0 fully saturated rings. The molecular formula is C14H19NO2S. The van der Waals surface area contributed by atoms with Crippen molar-refractivity contribution in [1.82, 2.24) is 4.90 Å². The van der Waals surface area contributed by atoms with Gasteiger partial charge in [-0.3, -0.25) is 4.79 Å². The predicted molar refractivity (Wildman–Crippen MR) is 76.9 cm³/mol. The van der Waals surface area contributed by atoms with E-state index in [1.807, 2.05) is 25.1 Å². The van der Waals surface area contributed by atoms with Gasteiger partial charge in [-0.25, -0.2) is 0 Å². The molecule has 0 saturated heterocycles. The molecule has 0 bridgehead atoms. The van der Waals surface area contributed by atoms with E-state index >= 15 is 0 Å². The lowest BCUT2D eigenvalue weighted by Gasteiger charge is -2.23. The van der Waals surface area contributed by atoms with Gasteiger partial charge in [0.15, 0.2) is 0 Å². The van der Waals surface area contributed by atoms with Gasteiger partial charge >= 0.3 is 5.97 Å². The molecule has 0 aliphatic carbocycles. The number of benzene rings is 1. The van der Waals surface area contributed by atoms with E-state index in [2.05, 4.69) is 17.0 Å². The lowest BCUT2D eigenvalue weighted by atomic mass is 10.1. The summed E-state index contributed by atoms with van der Waals surface area (Å²) in [5, 5.41) is 8.62. The van der Waals surface area contributed by atoms with Gasteiger partial charge in [-0.2, -0.15) is 0 Å². The van der Waals surface area contributed by atoms with Crippen molar-refractivity contribution < 1.29 is 9.90 Å². The molecule has 0 spiro atoms. The third kappa shape index (κ3) is 5.27. The van der Waals surface area contributed by atoms with Gasteiger partial charge in [0.05, 0.1) is 4.99 Å². The molecule has 98 valence electrons. The van der Waals surface area contributed by atoms with E-state index in [0.717, 1.165) is 18.0 Å². The lowest BCUT2D eigenvalue weighted by Crippen LogP contribution is -2.31. The first kappa shape index (κ1) is 14.6. The van der Waals surface area contributed by atoms with E-state index in [-0.39, 0.29) is 6.42 Å². The van der Waals surface area contributed by atoms with Crippen LogP contribution in [0.25, 0.3) is 0 Å². The highest BCUT2D eigenvalue weighted by atomic mass is 32.1. The third-order valence-corrected chi connectivity index (χ3v) is 3.15. The number of nitrogens with zero attached hydrogens (tertiary/aromatic N) is 1. The molecule has 3 nitrogen and oxygen atoms in total. The monoisotopic (exact) mass is 265 g/mol. The van der Waals surface area contributed by atoms with Crippen LogP contribution in [0.4, 0.5) is 0 Å². The second kappa shape index (κ2) is 7.82. The Morgan fingerprint density at radius 2 is 2.00 bits per heavy atom. The zero-order valence-electron chi connectivity index (χ0n) is 10.6. The number of hydrogen-bond acceptors (Lipinski definition) is 2. The SMILES string of the molecule is CCN(CCCC(=O)O)C(=S)Cc1ccccc1. The number of carbonyl (C=O) groups is 1. The van der Waals surface area contributed by atoms with E-state index < -0.39 is 5.97 Å². The molecular weight excluding hydrogens is 246 g/mol. The summed E-state index contributed by atoms with van der Waals surface area (Å²) in [5.41, 5.74) is 1.19. The minimum absolute atomic E-state index is 0.199. The van der Waals surface area contributed by atoms with Crippen molar-refractivity contribution in [2.75, 3.05) is 13.1 Å². The summed E-state index contributed by atoms with van der Waals surface area (Å²) in [4.78, 5) is 13.4. The van der Waals surface area contributed by atoms with E-state index in [9.17, 15) is 4.79 Å². The Hall–Kier alpha value is -1.42. The Labute approximate surface area is 113 Å². The fourth-order valence-corrected chi connectivity index (χ4v) is 2.15. The fraction of sp³-hybridized carbons (Fsp3) is 0.429. The molecule has 1 N–H and O–H groups in total. The standard InChI is InChI=1S/C14H19NO2S/c1-2-15(10-6-9-14(16)17)13(18)11-12-7-4-3-5-8-12/h3-5,7-8H,2,6,9-11H2,1H3,(H,16,17). The van der Waals surface area contributed by atoms with Crippen LogP contribution in [0.15, 0.2) is 30.3 Å². The summed E-state index contributed by atoms with van der Waals surface area (Å²) >= 11 is 5.41. The predicted octanol–water partition coefficient (Wildman–Crippen LogP) is 2.74. The molecule has 0 radical (unpaired) electrons. The molecule has 1 rings (SSSR count). The number of rotatable bonds is 7. The van der Waals surface area contributed by atoms with Gasteiger partial charge in [-0.1, -0.05) is 42.5 Å². The van der Waals surface area contributed by atoms with Crippen molar-refractivity contribution in [1.29, 1.82) is 0 Å². The zero-order chi connectivity index (χ0) is 13.4. The highest BCUT2D eigenvalue weighted by molar-refractivity contribution is 7.80. The van der Waals surface area contributed by atoms with E-state index in [4.69, 9.17) is 17.3 Å². The number of hydrogen-bond donors (Lipinski definition) is 1. The average Bonchev–Trinajstić information content (AvgIpc) is 2.35. The van der Waals surface area contributed by atoms with Crippen molar-refractivity contribution >= 4 is 23.2 Å². The topological polar surface area (TPSA) is 40.5 Å². The molecule has 0 aliphatic rings. The van der Waals surface area contributed by atoms with Gasteiger partial charge < -0.3 is 10.0 Å². The second-order valence-corrected chi connectivity index (χ2v) is 4.60. The van der Waals surface area contributed by atoms with Gasteiger partial charge in [-0.05, 0) is 18.9 Å². The van der Waals surface area contributed by atoms with Gasteiger partial charge in [0.1, 0.15) is 0 Å². The van der Waals surface area contributed by atoms with Crippen molar-refractivity contribution in [3.05, 3.63) is 35.9 Å². The molecule has 1 aromatic carbocycles. The molecule has 0 saturated carbocycles. The molecule has 0 amide bonds. The van der Waals surface area contributed by atoms with Crippen molar-refractivity contribution in [3.63, 3.8) is 0 Å². The van der Waals surface area contributed by atoms with Crippen LogP contribution in [0.3, 0.4) is 0 Å².